The SMILES string of the molecule is CCc1cc(=O)n(CC(=O)N2CCN(c3cccc(C)c3)C(C)C2)c2c1c(C)nn2-c1ccc(C)cc1. The fourth-order valence-electron chi connectivity index (χ4n) is 5.45. The van der Waals surface area contributed by atoms with E-state index in [4.69, 9.17) is 5.10 Å². The van der Waals surface area contributed by atoms with Crippen molar-refractivity contribution in [3.05, 3.63) is 87.3 Å². The highest BCUT2D eigenvalue weighted by Gasteiger charge is 2.28. The number of pyridine rings is 1. The summed E-state index contributed by atoms with van der Waals surface area (Å²) in [6.45, 7) is 12.3. The minimum absolute atomic E-state index is 0.00646. The Bertz CT molecular complexity index is 1520. The van der Waals surface area contributed by atoms with Crippen molar-refractivity contribution in [2.75, 3.05) is 24.5 Å². The van der Waals surface area contributed by atoms with Crippen molar-refractivity contribution < 1.29 is 4.79 Å². The molecule has 0 saturated carbocycles. The van der Waals surface area contributed by atoms with Gasteiger partial charge in [-0.3, -0.25) is 14.2 Å². The van der Waals surface area contributed by atoms with Crippen LogP contribution in [0.1, 0.15) is 36.2 Å². The molecule has 1 fully saturated rings. The first-order valence-electron chi connectivity index (χ1n) is 13.1. The van der Waals surface area contributed by atoms with Gasteiger partial charge in [-0.1, -0.05) is 36.8 Å². The summed E-state index contributed by atoms with van der Waals surface area (Å²) in [6.07, 6.45) is 0.722. The Morgan fingerprint density at radius 2 is 1.73 bits per heavy atom. The second-order valence-electron chi connectivity index (χ2n) is 10.2. The standard InChI is InChI=1S/C30H35N5O2/c1-6-24-17-27(36)34(30-29(24)23(5)31-35(30)25-12-10-20(2)11-13-25)19-28(37)32-14-15-33(22(4)18-32)26-9-7-8-21(3)16-26/h7-13,16-17,22H,6,14-15,18-19H2,1-5H3. The molecule has 4 aromatic rings. The maximum atomic E-state index is 13.6. The summed E-state index contributed by atoms with van der Waals surface area (Å²) >= 11 is 0. The second-order valence-corrected chi connectivity index (χ2v) is 10.2. The normalized spacial score (nSPS) is 16.0. The van der Waals surface area contributed by atoms with Crippen LogP contribution in [0, 0.1) is 20.8 Å². The lowest BCUT2D eigenvalue weighted by Crippen LogP contribution is -2.54. The van der Waals surface area contributed by atoms with Crippen molar-refractivity contribution in [1.29, 1.82) is 0 Å². The third-order valence-corrected chi connectivity index (χ3v) is 7.44. The van der Waals surface area contributed by atoms with Crippen LogP contribution in [0.15, 0.2) is 59.4 Å². The van der Waals surface area contributed by atoms with E-state index in [0.29, 0.717) is 18.7 Å². The van der Waals surface area contributed by atoms with Crippen molar-refractivity contribution in [2.24, 2.45) is 0 Å². The molecule has 1 aliphatic rings. The number of aryl methyl sites for hydroxylation is 4. The number of fused-ring (bicyclic) bond motifs is 1. The van der Waals surface area contributed by atoms with Gasteiger partial charge in [0, 0.05) is 42.8 Å². The number of nitrogens with zero attached hydrogens (tertiary/aromatic N) is 5. The molecule has 37 heavy (non-hydrogen) atoms. The predicted molar refractivity (Wildman–Crippen MR) is 149 cm³/mol. The smallest absolute Gasteiger partial charge is 0.252 e. The number of anilines is 1. The molecule has 0 radical (unpaired) electrons. The third kappa shape index (κ3) is 4.66. The summed E-state index contributed by atoms with van der Waals surface area (Å²) in [5, 5.41) is 5.76. The molecule has 1 unspecified atom stereocenters. The van der Waals surface area contributed by atoms with Gasteiger partial charge in [-0.05, 0) is 69.5 Å². The zero-order valence-electron chi connectivity index (χ0n) is 22.4. The van der Waals surface area contributed by atoms with Crippen molar-refractivity contribution in [2.45, 2.75) is 53.6 Å². The fourth-order valence-corrected chi connectivity index (χ4v) is 5.45. The van der Waals surface area contributed by atoms with Crippen molar-refractivity contribution in [1.82, 2.24) is 19.2 Å². The van der Waals surface area contributed by atoms with Gasteiger partial charge in [0.2, 0.25) is 5.91 Å². The molecule has 2 aromatic carbocycles. The van der Waals surface area contributed by atoms with Crippen LogP contribution in [0.25, 0.3) is 16.7 Å². The average molecular weight is 498 g/mol. The number of hydrogen-bond donors (Lipinski definition) is 0. The largest absolute Gasteiger partial charge is 0.365 e. The lowest BCUT2D eigenvalue weighted by Gasteiger charge is -2.41. The van der Waals surface area contributed by atoms with Crippen LogP contribution in [0.5, 0.6) is 0 Å². The number of aromatic nitrogens is 3. The van der Waals surface area contributed by atoms with E-state index in [2.05, 4.69) is 43.0 Å². The fraction of sp³-hybridized carbons (Fsp3) is 0.367. The lowest BCUT2D eigenvalue weighted by molar-refractivity contribution is -0.132. The van der Waals surface area contributed by atoms with E-state index in [-0.39, 0.29) is 24.1 Å². The zero-order chi connectivity index (χ0) is 26.3. The average Bonchev–Trinajstić information content (AvgIpc) is 3.22. The molecule has 0 aliphatic carbocycles. The molecule has 1 atom stereocenters. The van der Waals surface area contributed by atoms with E-state index in [0.717, 1.165) is 40.9 Å². The molecule has 0 spiro atoms. The zero-order valence-corrected chi connectivity index (χ0v) is 22.4. The molecule has 2 aromatic heterocycles. The highest BCUT2D eigenvalue weighted by Crippen LogP contribution is 2.26. The number of benzene rings is 2. The Kier molecular flexibility index (Phi) is 6.63. The minimum Gasteiger partial charge on any atom is -0.365 e. The van der Waals surface area contributed by atoms with Gasteiger partial charge in [-0.25, -0.2) is 4.68 Å². The number of carbonyl (C=O) groups is 1. The molecule has 192 valence electrons. The van der Waals surface area contributed by atoms with Crippen LogP contribution in [-0.2, 0) is 17.8 Å². The molecule has 1 saturated heterocycles. The summed E-state index contributed by atoms with van der Waals surface area (Å²) in [4.78, 5) is 31.2. The van der Waals surface area contributed by atoms with E-state index in [1.165, 1.54) is 11.3 Å². The Morgan fingerprint density at radius 1 is 0.973 bits per heavy atom. The van der Waals surface area contributed by atoms with E-state index < -0.39 is 0 Å². The first-order chi connectivity index (χ1) is 17.8. The Labute approximate surface area is 217 Å². The molecular weight excluding hydrogens is 462 g/mol. The molecule has 7 nitrogen and oxygen atoms in total. The number of hydrogen-bond acceptors (Lipinski definition) is 4. The number of carbonyl (C=O) groups excluding carboxylic acids is 1. The number of piperazine rings is 1. The van der Waals surface area contributed by atoms with Gasteiger partial charge < -0.3 is 9.80 Å². The monoisotopic (exact) mass is 497 g/mol. The molecule has 3 heterocycles. The van der Waals surface area contributed by atoms with Gasteiger partial charge in [0.15, 0.2) is 0 Å². The van der Waals surface area contributed by atoms with Gasteiger partial charge in [-0.15, -0.1) is 0 Å². The van der Waals surface area contributed by atoms with Crippen LogP contribution in [0.2, 0.25) is 0 Å². The van der Waals surface area contributed by atoms with Gasteiger partial charge in [0.05, 0.1) is 11.4 Å². The molecular formula is C30H35N5O2. The quantitative estimate of drug-likeness (QED) is 0.410. The summed E-state index contributed by atoms with van der Waals surface area (Å²) in [6, 6.07) is 18.4. The maximum absolute atomic E-state index is 13.6. The topological polar surface area (TPSA) is 63.4 Å². The highest BCUT2D eigenvalue weighted by atomic mass is 16.2. The number of amides is 1. The van der Waals surface area contributed by atoms with Crippen LogP contribution in [0.4, 0.5) is 5.69 Å². The van der Waals surface area contributed by atoms with Crippen LogP contribution < -0.4 is 10.5 Å². The second kappa shape index (κ2) is 9.88. The summed E-state index contributed by atoms with van der Waals surface area (Å²) in [5.41, 5.74) is 6.76. The third-order valence-electron chi connectivity index (χ3n) is 7.44. The van der Waals surface area contributed by atoms with Gasteiger partial charge in [0.25, 0.3) is 5.56 Å². The summed E-state index contributed by atoms with van der Waals surface area (Å²) < 4.78 is 3.42. The first kappa shape index (κ1) is 24.8. The molecule has 0 bridgehead atoms. The molecule has 5 rings (SSSR count). The van der Waals surface area contributed by atoms with Gasteiger partial charge in [0.1, 0.15) is 12.2 Å². The van der Waals surface area contributed by atoms with Crippen molar-refractivity contribution >= 4 is 22.6 Å². The van der Waals surface area contributed by atoms with Crippen LogP contribution >= 0.6 is 0 Å². The van der Waals surface area contributed by atoms with E-state index in [9.17, 15) is 9.59 Å². The van der Waals surface area contributed by atoms with Crippen molar-refractivity contribution in [3.63, 3.8) is 0 Å². The summed E-state index contributed by atoms with van der Waals surface area (Å²) in [7, 11) is 0. The summed E-state index contributed by atoms with van der Waals surface area (Å²) in [5.74, 6) is -0.0438. The lowest BCUT2D eigenvalue weighted by atomic mass is 10.1. The minimum atomic E-state index is -0.169. The van der Waals surface area contributed by atoms with Crippen LogP contribution in [0.3, 0.4) is 0 Å². The Balaban J connectivity index is 1.47. The van der Waals surface area contributed by atoms with Crippen LogP contribution in [-0.4, -0.2) is 50.8 Å². The van der Waals surface area contributed by atoms with Crippen molar-refractivity contribution in [3.8, 4) is 5.69 Å². The first-order valence-corrected chi connectivity index (χ1v) is 13.1. The van der Waals surface area contributed by atoms with E-state index in [1.54, 1.807) is 10.6 Å². The highest BCUT2D eigenvalue weighted by molar-refractivity contribution is 5.86. The number of rotatable bonds is 5. The molecule has 0 N–H and O–H groups in total. The van der Waals surface area contributed by atoms with E-state index in [1.807, 2.05) is 54.6 Å². The molecule has 1 amide bonds. The van der Waals surface area contributed by atoms with Gasteiger partial charge in [-0.2, -0.15) is 5.10 Å². The molecule has 1 aliphatic heterocycles. The molecule has 7 heteroatoms. The Hall–Kier alpha value is -3.87. The maximum Gasteiger partial charge on any atom is 0.252 e. The predicted octanol–water partition coefficient (Wildman–Crippen LogP) is 4.41. The Morgan fingerprint density at radius 3 is 2.41 bits per heavy atom. The van der Waals surface area contributed by atoms with Gasteiger partial charge >= 0.3 is 0 Å². The van der Waals surface area contributed by atoms with E-state index >= 15 is 0 Å².